The number of nitrogens with zero attached hydrogens (tertiary/aromatic N) is 6. The molecule has 6 rings (SSSR count). The average Bonchev–Trinajstić information content (AvgIpc) is 3.24. The van der Waals surface area contributed by atoms with Crippen LogP contribution in [0.4, 0.5) is 20.4 Å². The molecule has 1 N–H and O–H groups in total. The number of carbonyl (C=O) groups excluding carboxylic acids is 2. The summed E-state index contributed by atoms with van der Waals surface area (Å²) in [6.45, 7) is 1.74. The van der Waals surface area contributed by atoms with Crippen LogP contribution in [-0.2, 0) is 21.5 Å². The molecule has 0 spiro atoms. The molecule has 34 heavy (non-hydrogen) atoms. The lowest BCUT2D eigenvalue weighted by Gasteiger charge is -2.27. The normalized spacial score (nSPS) is 19.0. The van der Waals surface area contributed by atoms with E-state index >= 15 is 0 Å². The molecule has 2 aliphatic rings. The van der Waals surface area contributed by atoms with Gasteiger partial charge in [0.1, 0.15) is 29.0 Å². The molecule has 170 valence electrons. The van der Waals surface area contributed by atoms with E-state index in [2.05, 4.69) is 25.4 Å². The SMILES string of the molecule is CN1C(=O)C2(C)CC(=O)Nc3nc(-c4nn(Cc5ccccc5F)c5ncc(F)cc45)nc1c32. The molecule has 5 heterocycles. The fraction of sp³-hybridized carbons (Fsp3) is 0.217. The molecule has 11 heteroatoms. The Morgan fingerprint density at radius 1 is 1.18 bits per heavy atom. The van der Waals surface area contributed by atoms with Crippen LogP contribution in [0.15, 0.2) is 36.5 Å². The van der Waals surface area contributed by atoms with E-state index in [0.717, 1.165) is 6.20 Å². The van der Waals surface area contributed by atoms with Crippen LogP contribution in [0, 0.1) is 11.6 Å². The molecule has 4 aromatic rings. The molecule has 2 amide bonds. The fourth-order valence-electron chi connectivity index (χ4n) is 4.73. The second-order valence-corrected chi connectivity index (χ2v) is 8.64. The lowest BCUT2D eigenvalue weighted by molar-refractivity contribution is -0.127. The first-order valence-electron chi connectivity index (χ1n) is 10.5. The number of aromatic nitrogens is 5. The summed E-state index contributed by atoms with van der Waals surface area (Å²) in [5.74, 6) is -0.926. The topological polar surface area (TPSA) is 106 Å². The number of benzene rings is 1. The van der Waals surface area contributed by atoms with Gasteiger partial charge in [0.15, 0.2) is 11.5 Å². The number of nitrogens with one attached hydrogen (secondary N) is 1. The van der Waals surface area contributed by atoms with E-state index in [1.54, 1.807) is 32.2 Å². The Hall–Kier alpha value is -4.28. The van der Waals surface area contributed by atoms with Crippen LogP contribution in [0.2, 0.25) is 0 Å². The highest BCUT2D eigenvalue weighted by molar-refractivity contribution is 6.14. The molecular weight excluding hydrogens is 444 g/mol. The minimum atomic E-state index is -1.06. The van der Waals surface area contributed by atoms with E-state index in [0.29, 0.717) is 28.0 Å². The van der Waals surface area contributed by atoms with Gasteiger partial charge in [-0.1, -0.05) is 18.2 Å². The maximum Gasteiger partial charge on any atom is 0.239 e. The number of anilines is 2. The Morgan fingerprint density at radius 2 is 1.97 bits per heavy atom. The molecule has 0 radical (unpaired) electrons. The van der Waals surface area contributed by atoms with Crippen LogP contribution in [-0.4, -0.2) is 43.6 Å². The minimum Gasteiger partial charge on any atom is -0.310 e. The molecule has 9 nitrogen and oxygen atoms in total. The highest BCUT2D eigenvalue weighted by atomic mass is 19.1. The molecule has 0 aliphatic carbocycles. The number of amides is 2. The molecular formula is C23H17F2N7O2. The quantitative estimate of drug-likeness (QED) is 0.503. The molecule has 1 unspecified atom stereocenters. The first-order chi connectivity index (χ1) is 16.3. The summed E-state index contributed by atoms with van der Waals surface area (Å²) in [6, 6.07) is 7.51. The first kappa shape index (κ1) is 20.3. The van der Waals surface area contributed by atoms with Crippen LogP contribution in [0.1, 0.15) is 24.5 Å². The van der Waals surface area contributed by atoms with Crippen molar-refractivity contribution in [3.05, 3.63) is 59.3 Å². The Balaban J connectivity index is 1.57. The maximum absolute atomic E-state index is 14.3. The van der Waals surface area contributed by atoms with Crippen LogP contribution >= 0.6 is 0 Å². The van der Waals surface area contributed by atoms with Gasteiger partial charge < -0.3 is 5.32 Å². The van der Waals surface area contributed by atoms with Crippen molar-refractivity contribution >= 4 is 34.5 Å². The number of carbonyl (C=O) groups is 2. The number of fused-ring (bicyclic) bond motifs is 1. The number of hydrogen-bond donors (Lipinski definition) is 1. The molecule has 0 bridgehead atoms. The van der Waals surface area contributed by atoms with Crippen molar-refractivity contribution in [3.63, 3.8) is 0 Å². The van der Waals surface area contributed by atoms with E-state index in [9.17, 15) is 18.4 Å². The van der Waals surface area contributed by atoms with Crippen LogP contribution in [0.5, 0.6) is 0 Å². The third-order valence-corrected chi connectivity index (χ3v) is 6.35. The Bertz CT molecular complexity index is 1550. The molecule has 1 aromatic carbocycles. The standard InChI is InChI=1S/C23H17F2N7O2/c1-23-8-15(33)27-18-16(23)21(31(2)22(23)34)29-19(28-18)17-13-7-12(24)9-26-20(13)32(30-17)10-11-5-3-4-6-14(11)25/h3-7,9H,8,10H2,1-2H3,(H,27,28,29,33). The van der Waals surface area contributed by atoms with E-state index < -0.39 is 17.0 Å². The first-order valence-corrected chi connectivity index (χ1v) is 10.5. The predicted octanol–water partition coefficient (Wildman–Crippen LogP) is 2.79. The largest absolute Gasteiger partial charge is 0.310 e. The monoisotopic (exact) mass is 461 g/mol. The van der Waals surface area contributed by atoms with Crippen LogP contribution in [0.3, 0.4) is 0 Å². The van der Waals surface area contributed by atoms with Gasteiger partial charge in [0.2, 0.25) is 11.8 Å². The van der Waals surface area contributed by atoms with Crippen molar-refractivity contribution in [2.45, 2.75) is 25.3 Å². The smallest absolute Gasteiger partial charge is 0.239 e. The van der Waals surface area contributed by atoms with E-state index in [4.69, 9.17) is 0 Å². The number of rotatable bonds is 3. The highest BCUT2D eigenvalue weighted by Gasteiger charge is 2.53. The van der Waals surface area contributed by atoms with Gasteiger partial charge >= 0.3 is 0 Å². The summed E-state index contributed by atoms with van der Waals surface area (Å²) in [6.07, 6.45) is 1.05. The van der Waals surface area contributed by atoms with Crippen molar-refractivity contribution in [3.8, 4) is 11.5 Å². The van der Waals surface area contributed by atoms with Gasteiger partial charge in [0.25, 0.3) is 0 Å². The van der Waals surface area contributed by atoms with Gasteiger partial charge in [-0.15, -0.1) is 0 Å². The van der Waals surface area contributed by atoms with Crippen molar-refractivity contribution in [2.24, 2.45) is 0 Å². The lowest BCUT2D eigenvalue weighted by Crippen LogP contribution is -2.41. The van der Waals surface area contributed by atoms with Gasteiger partial charge in [-0.3, -0.25) is 14.5 Å². The van der Waals surface area contributed by atoms with Gasteiger partial charge in [-0.2, -0.15) is 5.10 Å². The zero-order chi connectivity index (χ0) is 23.8. The van der Waals surface area contributed by atoms with E-state index in [1.165, 1.54) is 21.7 Å². The minimum absolute atomic E-state index is 0.00575. The van der Waals surface area contributed by atoms with Crippen LogP contribution in [0.25, 0.3) is 22.6 Å². The number of pyridine rings is 1. The Labute approximate surface area is 191 Å². The average molecular weight is 461 g/mol. The zero-order valence-electron chi connectivity index (χ0n) is 18.1. The third kappa shape index (κ3) is 2.76. The van der Waals surface area contributed by atoms with Gasteiger partial charge in [-0.25, -0.2) is 28.4 Å². The summed E-state index contributed by atoms with van der Waals surface area (Å²) in [4.78, 5) is 39.9. The van der Waals surface area contributed by atoms with E-state index in [1.807, 2.05) is 0 Å². The van der Waals surface area contributed by atoms with Gasteiger partial charge in [-0.05, 0) is 19.1 Å². The second kappa shape index (κ2) is 6.86. The Morgan fingerprint density at radius 3 is 2.76 bits per heavy atom. The number of likely N-dealkylation sites (N-methyl/N-ethyl adjacent to an activating group) is 1. The number of hydrogen-bond acceptors (Lipinski definition) is 6. The molecule has 0 fully saturated rings. The van der Waals surface area contributed by atoms with Gasteiger partial charge in [0, 0.05) is 19.0 Å². The maximum atomic E-state index is 14.3. The van der Waals surface area contributed by atoms with Crippen LogP contribution < -0.4 is 10.2 Å². The Kier molecular flexibility index (Phi) is 4.10. The second-order valence-electron chi connectivity index (χ2n) is 8.64. The lowest BCUT2D eigenvalue weighted by atomic mass is 9.79. The fourth-order valence-corrected chi connectivity index (χ4v) is 4.73. The summed E-state index contributed by atoms with van der Waals surface area (Å²) in [5.41, 5.74) is 0.383. The zero-order valence-corrected chi connectivity index (χ0v) is 18.1. The molecule has 0 saturated carbocycles. The molecule has 3 aromatic heterocycles. The summed E-state index contributed by atoms with van der Waals surface area (Å²) < 4.78 is 29.9. The highest BCUT2D eigenvalue weighted by Crippen LogP contribution is 2.48. The van der Waals surface area contributed by atoms with Crippen molar-refractivity contribution in [1.82, 2.24) is 24.7 Å². The van der Waals surface area contributed by atoms with Crippen molar-refractivity contribution in [2.75, 3.05) is 17.3 Å². The third-order valence-electron chi connectivity index (χ3n) is 6.35. The number of halogens is 2. The predicted molar refractivity (Wildman–Crippen MR) is 118 cm³/mol. The van der Waals surface area contributed by atoms with E-state index in [-0.39, 0.29) is 42.1 Å². The van der Waals surface area contributed by atoms with Crippen molar-refractivity contribution in [1.29, 1.82) is 0 Å². The summed E-state index contributed by atoms with van der Waals surface area (Å²) >= 11 is 0. The van der Waals surface area contributed by atoms with Crippen molar-refractivity contribution < 1.29 is 18.4 Å². The molecule has 2 aliphatic heterocycles. The summed E-state index contributed by atoms with van der Waals surface area (Å²) in [5, 5.41) is 7.57. The molecule has 0 saturated heterocycles. The molecule has 1 atom stereocenters. The summed E-state index contributed by atoms with van der Waals surface area (Å²) in [7, 11) is 1.58. The van der Waals surface area contributed by atoms with Gasteiger partial charge in [0.05, 0.1) is 29.1 Å².